The summed E-state index contributed by atoms with van der Waals surface area (Å²) in [5, 5.41) is 0.404. The molecule has 3 nitrogen and oxygen atoms in total. The number of halogens is 2. The highest BCUT2D eigenvalue weighted by molar-refractivity contribution is 6.31. The summed E-state index contributed by atoms with van der Waals surface area (Å²) >= 11 is 5.91. The van der Waals surface area contributed by atoms with Crippen LogP contribution in [0.2, 0.25) is 5.02 Å². The number of hydrogen-bond donors (Lipinski definition) is 1. The summed E-state index contributed by atoms with van der Waals surface area (Å²) in [6, 6.07) is 4.49. The lowest BCUT2D eigenvalue weighted by molar-refractivity contribution is -0.127. The van der Waals surface area contributed by atoms with E-state index in [4.69, 9.17) is 17.3 Å². The lowest BCUT2D eigenvalue weighted by Crippen LogP contribution is -2.30. The first kappa shape index (κ1) is 12.3. The van der Waals surface area contributed by atoms with Crippen LogP contribution in [0.5, 0.6) is 0 Å². The van der Waals surface area contributed by atoms with Crippen LogP contribution < -0.4 is 5.73 Å². The van der Waals surface area contributed by atoms with Gasteiger partial charge in [-0.25, -0.2) is 4.39 Å². The Morgan fingerprint density at radius 1 is 1.53 bits per heavy atom. The number of amides is 1. The molecule has 5 heteroatoms. The van der Waals surface area contributed by atoms with Gasteiger partial charge in [0.15, 0.2) is 0 Å². The van der Waals surface area contributed by atoms with Gasteiger partial charge in [0, 0.05) is 36.1 Å². The average Bonchev–Trinajstić information content (AvgIpc) is 2.57. The molecule has 1 aliphatic rings. The second-order valence-electron chi connectivity index (χ2n) is 4.25. The van der Waals surface area contributed by atoms with Gasteiger partial charge in [0.05, 0.1) is 0 Å². The number of benzene rings is 1. The third-order valence-corrected chi connectivity index (χ3v) is 3.29. The minimum atomic E-state index is -0.326. The lowest BCUT2D eigenvalue weighted by atomic mass is 10.1. The maximum Gasteiger partial charge on any atom is 0.224 e. The Bertz CT molecular complexity index is 418. The summed E-state index contributed by atoms with van der Waals surface area (Å²) < 4.78 is 13.5. The van der Waals surface area contributed by atoms with Crippen molar-refractivity contribution in [1.29, 1.82) is 0 Å². The van der Waals surface area contributed by atoms with Crippen molar-refractivity contribution in [3.05, 3.63) is 34.6 Å². The molecule has 0 radical (unpaired) electrons. The highest BCUT2D eigenvalue weighted by Gasteiger charge is 2.26. The summed E-state index contributed by atoms with van der Waals surface area (Å²) in [5.74, 6) is -0.293. The molecule has 1 aliphatic heterocycles. The zero-order chi connectivity index (χ0) is 12.4. The van der Waals surface area contributed by atoms with Gasteiger partial charge in [-0.3, -0.25) is 4.79 Å². The van der Waals surface area contributed by atoms with E-state index >= 15 is 0 Å². The first-order valence-corrected chi connectivity index (χ1v) is 5.92. The zero-order valence-corrected chi connectivity index (χ0v) is 10.1. The quantitative estimate of drug-likeness (QED) is 0.893. The van der Waals surface area contributed by atoms with Crippen LogP contribution in [0, 0.1) is 5.82 Å². The number of likely N-dealkylation sites (tertiary alicyclic amines) is 1. The van der Waals surface area contributed by atoms with E-state index in [0.29, 0.717) is 36.5 Å². The van der Waals surface area contributed by atoms with Gasteiger partial charge in [0.1, 0.15) is 5.82 Å². The van der Waals surface area contributed by atoms with E-state index in [0.717, 1.165) is 0 Å². The molecule has 17 heavy (non-hydrogen) atoms. The molecule has 1 fully saturated rings. The summed E-state index contributed by atoms with van der Waals surface area (Å²) in [6.07, 6.45) is 0.801. The second-order valence-corrected chi connectivity index (χ2v) is 4.66. The van der Waals surface area contributed by atoms with Gasteiger partial charge < -0.3 is 10.6 Å². The van der Waals surface area contributed by atoms with E-state index in [2.05, 4.69) is 0 Å². The molecule has 0 spiro atoms. The summed E-state index contributed by atoms with van der Waals surface area (Å²) in [4.78, 5) is 13.2. The van der Waals surface area contributed by atoms with Crippen molar-refractivity contribution in [3.8, 4) is 0 Å². The molecular formula is C12H14ClFN2O. The van der Waals surface area contributed by atoms with Crippen molar-refractivity contribution in [2.24, 2.45) is 5.73 Å². The lowest BCUT2D eigenvalue weighted by Gasteiger charge is -2.16. The summed E-state index contributed by atoms with van der Waals surface area (Å²) in [7, 11) is 0. The number of rotatable bonds is 3. The van der Waals surface area contributed by atoms with Crippen molar-refractivity contribution in [2.45, 2.75) is 18.9 Å². The van der Waals surface area contributed by atoms with Gasteiger partial charge >= 0.3 is 0 Å². The van der Waals surface area contributed by atoms with E-state index in [9.17, 15) is 9.18 Å². The Hall–Kier alpha value is -1.13. The molecule has 1 aromatic rings. The average molecular weight is 257 g/mol. The topological polar surface area (TPSA) is 46.3 Å². The van der Waals surface area contributed by atoms with Crippen LogP contribution in [0.3, 0.4) is 0 Å². The normalized spacial score (nSPS) is 20.1. The third kappa shape index (κ3) is 2.76. The van der Waals surface area contributed by atoms with Crippen LogP contribution in [0.1, 0.15) is 12.0 Å². The van der Waals surface area contributed by atoms with Crippen LogP contribution in [0.4, 0.5) is 4.39 Å². The number of hydrogen-bond acceptors (Lipinski definition) is 2. The van der Waals surface area contributed by atoms with Gasteiger partial charge in [0.2, 0.25) is 5.91 Å². The Labute approximate surface area is 104 Å². The monoisotopic (exact) mass is 256 g/mol. The Balaban J connectivity index is 2.01. The predicted molar refractivity (Wildman–Crippen MR) is 64.3 cm³/mol. The predicted octanol–water partition coefficient (Wildman–Crippen LogP) is 1.58. The Morgan fingerprint density at radius 2 is 2.29 bits per heavy atom. The van der Waals surface area contributed by atoms with E-state index < -0.39 is 0 Å². The van der Waals surface area contributed by atoms with Crippen molar-refractivity contribution in [3.63, 3.8) is 0 Å². The maximum absolute atomic E-state index is 13.5. The fourth-order valence-corrected chi connectivity index (χ4v) is 2.29. The standard InChI is InChI=1S/C12H14ClFN2O/c13-10-2-1-3-11(14)9(10)4-5-16-7-8(15)6-12(16)17/h1-3,8H,4-7,15H2. The molecule has 0 bridgehead atoms. The maximum atomic E-state index is 13.5. The number of nitrogens with two attached hydrogens (primary N) is 1. The molecule has 0 saturated carbocycles. The fraction of sp³-hybridized carbons (Fsp3) is 0.417. The molecule has 92 valence electrons. The summed E-state index contributed by atoms with van der Waals surface area (Å²) in [5.41, 5.74) is 6.14. The van der Waals surface area contributed by atoms with Crippen LogP contribution in [0.25, 0.3) is 0 Å². The Kier molecular flexibility index (Phi) is 3.64. The number of nitrogens with zero attached hydrogens (tertiary/aromatic N) is 1. The third-order valence-electron chi connectivity index (χ3n) is 2.94. The molecule has 1 saturated heterocycles. The van der Waals surface area contributed by atoms with Gasteiger partial charge in [-0.05, 0) is 18.6 Å². The molecule has 2 rings (SSSR count). The van der Waals surface area contributed by atoms with E-state index in [1.165, 1.54) is 6.07 Å². The minimum absolute atomic E-state index is 0.0324. The molecule has 1 amide bonds. The van der Waals surface area contributed by atoms with Crippen LogP contribution in [0.15, 0.2) is 18.2 Å². The van der Waals surface area contributed by atoms with Gasteiger partial charge in [0.25, 0.3) is 0 Å². The molecule has 2 N–H and O–H groups in total. The van der Waals surface area contributed by atoms with Crippen molar-refractivity contribution in [2.75, 3.05) is 13.1 Å². The van der Waals surface area contributed by atoms with Crippen molar-refractivity contribution >= 4 is 17.5 Å². The SMILES string of the molecule is NC1CC(=O)N(CCc2c(F)cccc2Cl)C1. The summed E-state index contributed by atoms with van der Waals surface area (Å²) in [6.45, 7) is 1.01. The van der Waals surface area contributed by atoms with E-state index in [1.807, 2.05) is 0 Å². The highest BCUT2D eigenvalue weighted by Crippen LogP contribution is 2.20. The molecule has 0 aliphatic carbocycles. The van der Waals surface area contributed by atoms with E-state index in [-0.39, 0.29) is 17.8 Å². The molecule has 0 aromatic heterocycles. The van der Waals surface area contributed by atoms with Crippen molar-refractivity contribution in [1.82, 2.24) is 4.90 Å². The molecule has 1 unspecified atom stereocenters. The number of carbonyl (C=O) groups excluding carboxylic acids is 1. The smallest absolute Gasteiger partial charge is 0.224 e. The van der Waals surface area contributed by atoms with E-state index in [1.54, 1.807) is 17.0 Å². The number of carbonyl (C=O) groups is 1. The highest BCUT2D eigenvalue weighted by atomic mass is 35.5. The Morgan fingerprint density at radius 3 is 2.88 bits per heavy atom. The fourth-order valence-electron chi connectivity index (χ4n) is 2.04. The molecule has 1 aromatic carbocycles. The van der Waals surface area contributed by atoms with Gasteiger partial charge in [-0.15, -0.1) is 0 Å². The first-order valence-electron chi connectivity index (χ1n) is 5.54. The largest absolute Gasteiger partial charge is 0.341 e. The molecule has 1 atom stereocenters. The second kappa shape index (κ2) is 5.02. The van der Waals surface area contributed by atoms with Gasteiger partial charge in [-0.2, -0.15) is 0 Å². The minimum Gasteiger partial charge on any atom is -0.341 e. The van der Waals surface area contributed by atoms with Crippen LogP contribution in [-0.2, 0) is 11.2 Å². The van der Waals surface area contributed by atoms with Crippen molar-refractivity contribution < 1.29 is 9.18 Å². The zero-order valence-electron chi connectivity index (χ0n) is 9.33. The van der Waals surface area contributed by atoms with Crippen LogP contribution in [-0.4, -0.2) is 29.9 Å². The van der Waals surface area contributed by atoms with Crippen LogP contribution >= 0.6 is 11.6 Å². The molecule has 1 heterocycles. The molecular weight excluding hydrogens is 243 g/mol. The first-order chi connectivity index (χ1) is 8.08. The van der Waals surface area contributed by atoms with Gasteiger partial charge in [-0.1, -0.05) is 17.7 Å².